The fraction of sp³-hybridized carbons (Fsp3) is 0.467. The maximum Gasteiger partial charge on any atom is 0.0431 e. The molecule has 0 saturated carbocycles. The molecule has 86 valence electrons. The normalized spacial score (nSPS) is 18.8. The fourth-order valence-electron chi connectivity index (χ4n) is 2.53. The van der Waals surface area contributed by atoms with E-state index in [0.29, 0.717) is 18.4 Å². The molecule has 0 spiro atoms. The van der Waals surface area contributed by atoms with E-state index < -0.39 is 0 Å². The molecule has 1 atom stereocenters. The summed E-state index contributed by atoms with van der Waals surface area (Å²) in [4.78, 5) is 0. The molecule has 1 nitrogen and oxygen atoms in total. The minimum atomic E-state index is 0.295. The lowest BCUT2D eigenvalue weighted by Gasteiger charge is -2.10. The van der Waals surface area contributed by atoms with Crippen molar-refractivity contribution in [2.24, 2.45) is 5.92 Å². The second kappa shape index (κ2) is 4.84. The molecule has 1 N–H and O–H groups in total. The Kier molecular flexibility index (Phi) is 3.45. The summed E-state index contributed by atoms with van der Waals surface area (Å²) in [6.45, 7) is 4.79. The molecule has 1 aromatic rings. The van der Waals surface area contributed by atoms with Crippen LogP contribution >= 0.6 is 0 Å². The van der Waals surface area contributed by atoms with Crippen molar-refractivity contribution in [3.05, 3.63) is 41.5 Å². The van der Waals surface area contributed by atoms with E-state index in [9.17, 15) is 0 Å². The molecule has 1 aliphatic carbocycles. The molecule has 1 aromatic carbocycles. The number of allylic oxidation sites excluding steroid dienone is 2. The van der Waals surface area contributed by atoms with Gasteiger partial charge in [0, 0.05) is 12.5 Å². The van der Waals surface area contributed by atoms with Crippen LogP contribution in [-0.4, -0.2) is 11.7 Å². The van der Waals surface area contributed by atoms with Crippen LogP contribution in [0.4, 0.5) is 0 Å². The van der Waals surface area contributed by atoms with Gasteiger partial charge in [-0.2, -0.15) is 0 Å². The first-order valence-electron chi connectivity index (χ1n) is 6.16. The fourth-order valence-corrected chi connectivity index (χ4v) is 2.53. The lowest BCUT2D eigenvalue weighted by atomic mass is 9.95. The number of aliphatic hydroxyl groups is 1. The number of hydrogen-bond acceptors (Lipinski definition) is 1. The van der Waals surface area contributed by atoms with Crippen LogP contribution in [0.25, 0.3) is 5.57 Å². The molecule has 0 fully saturated rings. The van der Waals surface area contributed by atoms with Gasteiger partial charge in [-0.1, -0.05) is 44.2 Å². The lowest BCUT2D eigenvalue weighted by molar-refractivity contribution is 0.282. The van der Waals surface area contributed by atoms with E-state index >= 15 is 0 Å². The van der Waals surface area contributed by atoms with Crippen LogP contribution in [0, 0.1) is 5.92 Å². The van der Waals surface area contributed by atoms with Crippen LogP contribution in [0.3, 0.4) is 0 Å². The Morgan fingerprint density at radius 2 is 2.00 bits per heavy atom. The second-order valence-corrected chi connectivity index (χ2v) is 4.84. The van der Waals surface area contributed by atoms with Crippen LogP contribution in [0.5, 0.6) is 0 Å². The Bertz CT molecular complexity index is 390. The van der Waals surface area contributed by atoms with Gasteiger partial charge in [-0.25, -0.2) is 0 Å². The van der Waals surface area contributed by atoms with Crippen LogP contribution < -0.4 is 0 Å². The summed E-state index contributed by atoms with van der Waals surface area (Å²) >= 11 is 0. The summed E-state index contributed by atoms with van der Waals surface area (Å²) in [5.74, 6) is 1.10. The van der Waals surface area contributed by atoms with Gasteiger partial charge in [0.2, 0.25) is 0 Å². The number of fused-ring (bicyclic) bond motifs is 1. The number of benzene rings is 1. The van der Waals surface area contributed by atoms with Crippen LogP contribution in [0.15, 0.2) is 30.3 Å². The molecule has 0 amide bonds. The van der Waals surface area contributed by atoms with Crippen LogP contribution in [0.2, 0.25) is 0 Å². The van der Waals surface area contributed by atoms with Gasteiger partial charge in [0.05, 0.1) is 0 Å². The Morgan fingerprint density at radius 1 is 1.25 bits per heavy atom. The predicted molar refractivity (Wildman–Crippen MR) is 68.3 cm³/mol. The molecule has 0 bridgehead atoms. The van der Waals surface area contributed by atoms with Crippen molar-refractivity contribution in [3.8, 4) is 0 Å². The van der Waals surface area contributed by atoms with Gasteiger partial charge in [0.15, 0.2) is 0 Å². The third kappa shape index (κ3) is 2.05. The zero-order valence-corrected chi connectivity index (χ0v) is 10.1. The van der Waals surface area contributed by atoms with Crippen molar-refractivity contribution in [1.29, 1.82) is 0 Å². The molecule has 1 unspecified atom stereocenters. The highest BCUT2D eigenvalue weighted by molar-refractivity contribution is 5.75. The monoisotopic (exact) mass is 216 g/mol. The quantitative estimate of drug-likeness (QED) is 0.815. The molecule has 1 aliphatic rings. The van der Waals surface area contributed by atoms with Crippen molar-refractivity contribution in [3.63, 3.8) is 0 Å². The Morgan fingerprint density at radius 3 is 2.69 bits per heavy atom. The highest BCUT2D eigenvalue weighted by Gasteiger charge is 2.23. The topological polar surface area (TPSA) is 20.2 Å². The van der Waals surface area contributed by atoms with Gasteiger partial charge in [-0.15, -0.1) is 0 Å². The molecule has 2 rings (SSSR count). The van der Waals surface area contributed by atoms with E-state index in [4.69, 9.17) is 5.11 Å². The maximum atomic E-state index is 8.93. The second-order valence-electron chi connectivity index (χ2n) is 4.84. The minimum absolute atomic E-state index is 0.295. The summed E-state index contributed by atoms with van der Waals surface area (Å²) in [6, 6.07) is 8.68. The van der Waals surface area contributed by atoms with Crippen molar-refractivity contribution in [2.75, 3.05) is 6.61 Å². The Hall–Kier alpha value is -1.08. The number of hydrogen-bond donors (Lipinski definition) is 1. The van der Waals surface area contributed by atoms with Gasteiger partial charge in [-0.05, 0) is 35.5 Å². The lowest BCUT2D eigenvalue weighted by Crippen LogP contribution is -1.95. The summed E-state index contributed by atoms with van der Waals surface area (Å²) in [6.07, 6.45) is 4.34. The van der Waals surface area contributed by atoms with Gasteiger partial charge in [0.25, 0.3) is 0 Å². The van der Waals surface area contributed by atoms with Gasteiger partial charge in [0.1, 0.15) is 0 Å². The van der Waals surface area contributed by atoms with Crippen molar-refractivity contribution in [2.45, 2.75) is 32.6 Å². The summed E-state index contributed by atoms with van der Waals surface area (Å²) in [7, 11) is 0. The summed E-state index contributed by atoms with van der Waals surface area (Å²) in [5.41, 5.74) is 4.33. The third-order valence-corrected chi connectivity index (χ3v) is 3.35. The van der Waals surface area contributed by atoms with Crippen LogP contribution in [-0.2, 0) is 0 Å². The molecule has 16 heavy (non-hydrogen) atoms. The highest BCUT2D eigenvalue weighted by Crippen LogP contribution is 2.41. The minimum Gasteiger partial charge on any atom is -0.396 e. The van der Waals surface area contributed by atoms with E-state index in [-0.39, 0.29) is 0 Å². The number of aliphatic hydroxyl groups excluding tert-OH is 1. The van der Waals surface area contributed by atoms with Gasteiger partial charge >= 0.3 is 0 Å². The molecule has 0 saturated heterocycles. The van der Waals surface area contributed by atoms with E-state index in [2.05, 4.69) is 44.2 Å². The van der Waals surface area contributed by atoms with E-state index in [1.807, 2.05) is 0 Å². The average Bonchev–Trinajstić information content (AvgIpc) is 2.65. The van der Waals surface area contributed by atoms with E-state index in [0.717, 1.165) is 12.8 Å². The standard InChI is InChI=1S/C15H20O/c1-11(2)15-10-12(6-5-9-16)13-7-3-4-8-14(13)15/h3-4,7-8,10-12,16H,5-6,9H2,1-2H3. The van der Waals surface area contributed by atoms with Crippen molar-refractivity contribution in [1.82, 2.24) is 0 Å². The zero-order chi connectivity index (χ0) is 11.5. The molecular formula is C15H20O. The molecule has 0 heterocycles. The largest absolute Gasteiger partial charge is 0.396 e. The SMILES string of the molecule is CC(C)C1=CC(CCCO)c2ccccc21. The third-order valence-electron chi connectivity index (χ3n) is 3.35. The molecule has 0 radical (unpaired) electrons. The van der Waals surface area contributed by atoms with Gasteiger partial charge in [-0.3, -0.25) is 0 Å². The smallest absolute Gasteiger partial charge is 0.0431 e. The Balaban J connectivity index is 2.29. The first-order chi connectivity index (χ1) is 7.74. The Labute approximate surface area is 97.8 Å². The molecular weight excluding hydrogens is 196 g/mol. The van der Waals surface area contributed by atoms with E-state index in [1.165, 1.54) is 16.7 Å². The molecule has 0 aliphatic heterocycles. The average molecular weight is 216 g/mol. The first-order valence-corrected chi connectivity index (χ1v) is 6.16. The number of rotatable bonds is 4. The zero-order valence-electron chi connectivity index (χ0n) is 10.1. The van der Waals surface area contributed by atoms with Crippen LogP contribution in [0.1, 0.15) is 43.7 Å². The van der Waals surface area contributed by atoms with Crippen molar-refractivity contribution < 1.29 is 5.11 Å². The predicted octanol–water partition coefficient (Wildman–Crippen LogP) is 3.60. The maximum absolute atomic E-state index is 8.93. The summed E-state index contributed by atoms with van der Waals surface area (Å²) < 4.78 is 0. The molecule has 0 aromatic heterocycles. The first kappa shape index (κ1) is 11.4. The van der Waals surface area contributed by atoms with E-state index in [1.54, 1.807) is 0 Å². The highest BCUT2D eigenvalue weighted by atomic mass is 16.2. The molecule has 1 heteroatoms. The summed E-state index contributed by atoms with van der Waals surface area (Å²) in [5, 5.41) is 8.93. The van der Waals surface area contributed by atoms with Gasteiger partial charge < -0.3 is 5.11 Å². The van der Waals surface area contributed by atoms with Crippen molar-refractivity contribution >= 4 is 5.57 Å².